The molecule has 0 aromatic heterocycles. The molecule has 0 atom stereocenters. The van der Waals surface area contributed by atoms with Gasteiger partial charge in [0.05, 0.1) is 10.6 Å². The zero-order valence-electron chi connectivity index (χ0n) is 15.5. The Hall–Kier alpha value is -3.20. The number of carbonyl (C=O) groups is 2. The Bertz CT molecular complexity index is 1180. The molecule has 0 fully saturated rings. The Morgan fingerprint density at radius 2 is 1.57 bits per heavy atom. The topological polar surface area (TPSA) is 116 Å². The lowest BCUT2D eigenvalue weighted by Crippen LogP contribution is -2.21. The summed E-state index contributed by atoms with van der Waals surface area (Å²) >= 11 is 5.78. The number of sulfonamides is 1. The van der Waals surface area contributed by atoms with Gasteiger partial charge in [-0.2, -0.15) is 0 Å². The van der Waals surface area contributed by atoms with Gasteiger partial charge in [0.25, 0.3) is 5.91 Å². The number of nitrogens with one attached hydrogen (secondary N) is 1. The Morgan fingerprint density at radius 3 is 2.20 bits per heavy atom. The van der Waals surface area contributed by atoms with E-state index in [0.717, 1.165) is 17.2 Å². The maximum Gasteiger partial charge on any atom is 0.338 e. The third-order valence-electron chi connectivity index (χ3n) is 4.08. The van der Waals surface area contributed by atoms with Crippen molar-refractivity contribution < 1.29 is 22.7 Å². The molecule has 0 bridgehead atoms. The fourth-order valence-corrected chi connectivity index (χ4v) is 3.71. The average molecular weight is 445 g/mol. The Balaban J connectivity index is 1.59. The average Bonchev–Trinajstić information content (AvgIpc) is 2.72. The zero-order chi connectivity index (χ0) is 21.7. The van der Waals surface area contributed by atoms with Crippen molar-refractivity contribution in [2.24, 2.45) is 5.14 Å². The number of benzene rings is 3. The van der Waals surface area contributed by atoms with Gasteiger partial charge in [-0.3, -0.25) is 4.79 Å². The van der Waals surface area contributed by atoms with E-state index < -0.39 is 33.4 Å². The number of nitrogens with two attached hydrogens (primary N) is 1. The molecule has 154 valence electrons. The summed E-state index contributed by atoms with van der Waals surface area (Å²) in [6.45, 7) is -0.549. The van der Waals surface area contributed by atoms with Crippen molar-refractivity contribution in [2.45, 2.75) is 4.90 Å². The number of halogens is 1. The smallest absolute Gasteiger partial charge is 0.338 e. The van der Waals surface area contributed by atoms with E-state index in [1.54, 1.807) is 12.1 Å². The molecule has 0 saturated heterocycles. The second-order valence-electron chi connectivity index (χ2n) is 6.26. The number of anilines is 1. The van der Waals surface area contributed by atoms with Gasteiger partial charge in [-0.1, -0.05) is 54.1 Å². The molecule has 9 heteroatoms. The third kappa shape index (κ3) is 5.44. The number of primary sulfonamides is 1. The predicted octanol–water partition coefficient (Wildman–Crippen LogP) is 3.45. The van der Waals surface area contributed by atoms with Gasteiger partial charge >= 0.3 is 5.97 Å². The van der Waals surface area contributed by atoms with Crippen LogP contribution in [0.3, 0.4) is 0 Å². The highest BCUT2D eigenvalue weighted by Crippen LogP contribution is 2.22. The summed E-state index contributed by atoms with van der Waals surface area (Å²) < 4.78 is 27.9. The molecular formula is C21H17ClN2O5S. The first kappa shape index (κ1) is 21.5. The molecule has 0 saturated carbocycles. The number of rotatable bonds is 6. The summed E-state index contributed by atoms with van der Waals surface area (Å²) in [6.07, 6.45) is 0. The summed E-state index contributed by atoms with van der Waals surface area (Å²) in [5, 5.41) is 7.55. The number of ether oxygens (including phenoxy) is 1. The van der Waals surface area contributed by atoms with Crippen LogP contribution in [0.2, 0.25) is 5.02 Å². The van der Waals surface area contributed by atoms with E-state index in [0.29, 0.717) is 5.69 Å². The molecule has 0 spiro atoms. The highest BCUT2D eigenvalue weighted by molar-refractivity contribution is 7.89. The molecule has 0 aliphatic heterocycles. The largest absolute Gasteiger partial charge is 0.452 e. The molecule has 0 unspecified atom stereocenters. The molecule has 0 aliphatic carbocycles. The van der Waals surface area contributed by atoms with Gasteiger partial charge in [-0.15, -0.1) is 0 Å². The number of hydrogen-bond donors (Lipinski definition) is 2. The van der Waals surface area contributed by atoms with Crippen LogP contribution < -0.4 is 10.5 Å². The number of carbonyl (C=O) groups excluding carboxylic acids is 2. The Kier molecular flexibility index (Phi) is 6.51. The van der Waals surface area contributed by atoms with E-state index in [1.165, 1.54) is 12.1 Å². The molecule has 7 nitrogen and oxygen atoms in total. The van der Waals surface area contributed by atoms with Crippen molar-refractivity contribution in [2.75, 3.05) is 11.9 Å². The van der Waals surface area contributed by atoms with Gasteiger partial charge in [0, 0.05) is 5.69 Å². The lowest BCUT2D eigenvalue weighted by Gasteiger charge is -2.09. The lowest BCUT2D eigenvalue weighted by atomic mass is 10.1. The van der Waals surface area contributed by atoms with Crippen molar-refractivity contribution in [1.29, 1.82) is 0 Å². The second kappa shape index (κ2) is 9.08. The highest BCUT2D eigenvalue weighted by atomic mass is 35.5. The number of esters is 1. The van der Waals surface area contributed by atoms with E-state index in [1.807, 2.05) is 42.5 Å². The standard InChI is InChI=1S/C21H17ClN2O5S/c22-18-11-8-16(12-19(18)30(23,27)28)21(26)29-13-20(25)24-17-9-6-15(7-10-17)14-4-2-1-3-5-14/h1-12H,13H2,(H,24,25)(H2,23,27,28). The van der Waals surface area contributed by atoms with Crippen LogP contribution in [-0.4, -0.2) is 26.9 Å². The van der Waals surface area contributed by atoms with Crippen LogP contribution in [0.1, 0.15) is 10.4 Å². The van der Waals surface area contributed by atoms with Gasteiger partial charge < -0.3 is 10.1 Å². The number of amides is 1. The van der Waals surface area contributed by atoms with Gasteiger partial charge in [-0.05, 0) is 41.5 Å². The molecule has 3 aromatic carbocycles. The SMILES string of the molecule is NS(=O)(=O)c1cc(C(=O)OCC(=O)Nc2ccc(-c3ccccc3)cc2)ccc1Cl. The summed E-state index contributed by atoms with van der Waals surface area (Å²) in [5.74, 6) is -1.43. The van der Waals surface area contributed by atoms with Gasteiger partial charge in [-0.25, -0.2) is 18.4 Å². The van der Waals surface area contributed by atoms with Crippen molar-refractivity contribution in [3.8, 4) is 11.1 Å². The van der Waals surface area contributed by atoms with Crippen LogP contribution in [0.15, 0.2) is 77.7 Å². The van der Waals surface area contributed by atoms with Gasteiger partial charge in [0.1, 0.15) is 4.90 Å². The normalized spacial score (nSPS) is 11.0. The van der Waals surface area contributed by atoms with Crippen LogP contribution in [-0.2, 0) is 19.6 Å². The fourth-order valence-electron chi connectivity index (χ4n) is 2.64. The van der Waals surface area contributed by atoms with Crippen molar-refractivity contribution >= 4 is 39.2 Å². The van der Waals surface area contributed by atoms with Crippen molar-refractivity contribution in [3.05, 3.63) is 83.4 Å². The Morgan fingerprint density at radius 1 is 0.933 bits per heavy atom. The molecular weight excluding hydrogens is 428 g/mol. The first-order valence-corrected chi connectivity index (χ1v) is 10.6. The minimum atomic E-state index is -4.10. The molecule has 30 heavy (non-hydrogen) atoms. The molecule has 1 amide bonds. The van der Waals surface area contributed by atoms with Crippen LogP contribution >= 0.6 is 11.6 Å². The first-order valence-electron chi connectivity index (χ1n) is 8.69. The van der Waals surface area contributed by atoms with Crippen molar-refractivity contribution in [3.63, 3.8) is 0 Å². The van der Waals surface area contributed by atoms with Gasteiger partial charge in [0.2, 0.25) is 10.0 Å². The minimum Gasteiger partial charge on any atom is -0.452 e. The maximum atomic E-state index is 12.1. The van der Waals surface area contributed by atoms with E-state index >= 15 is 0 Å². The van der Waals surface area contributed by atoms with E-state index in [4.69, 9.17) is 21.5 Å². The molecule has 0 heterocycles. The molecule has 0 radical (unpaired) electrons. The molecule has 0 aliphatic rings. The summed E-state index contributed by atoms with van der Waals surface area (Å²) in [5.41, 5.74) is 2.49. The third-order valence-corrected chi connectivity index (χ3v) is 5.48. The van der Waals surface area contributed by atoms with E-state index in [9.17, 15) is 18.0 Å². The second-order valence-corrected chi connectivity index (χ2v) is 8.19. The quantitative estimate of drug-likeness (QED) is 0.565. The monoisotopic (exact) mass is 444 g/mol. The fraction of sp³-hybridized carbons (Fsp3) is 0.0476. The number of hydrogen-bond acceptors (Lipinski definition) is 5. The van der Waals surface area contributed by atoms with Crippen molar-refractivity contribution in [1.82, 2.24) is 0 Å². The summed E-state index contributed by atoms with van der Waals surface area (Å²) in [6, 6.07) is 20.4. The summed E-state index contributed by atoms with van der Waals surface area (Å²) in [4.78, 5) is 23.8. The summed E-state index contributed by atoms with van der Waals surface area (Å²) in [7, 11) is -4.10. The van der Waals surface area contributed by atoms with E-state index in [2.05, 4.69) is 5.32 Å². The molecule has 3 aromatic rings. The highest BCUT2D eigenvalue weighted by Gasteiger charge is 2.18. The predicted molar refractivity (Wildman–Crippen MR) is 114 cm³/mol. The van der Waals surface area contributed by atoms with Crippen LogP contribution in [0, 0.1) is 0 Å². The van der Waals surface area contributed by atoms with Crippen LogP contribution in [0.25, 0.3) is 11.1 Å². The van der Waals surface area contributed by atoms with Crippen LogP contribution in [0.5, 0.6) is 0 Å². The van der Waals surface area contributed by atoms with E-state index in [-0.39, 0.29) is 10.6 Å². The van der Waals surface area contributed by atoms with Gasteiger partial charge in [0.15, 0.2) is 6.61 Å². The maximum absolute atomic E-state index is 12.1. The van der Waals surface area contributed by atoms with Crippen LogP contribution in [0.4, 0.5) is 5.69 Å². The Labute approximate surface area is 178 Å². The molecule has 3 rings (SSSR count). The molecule has 3 N–H and O–H groups in total. The lowest BCUT2D eigenvalue weighted by molar-refractivity contribution is -0.119. The minimum absolute atomic E-state index is 0.0940. The first-order chi connectivity index (χ1) is 14.2. The zero-order valence-corrected chi connectivity index (χ0v) is 17.1.